The van der Waals surface area contributed by atoms with Crippen molar-refractivity contribution in [2.45, 2.75) is 17.4 Å². The van der Waals surface area contributed by atoms with Gasteiger partial charge in [-0.2, -0.15) is 0 Å². The molecule has 3 heterocycles. The molecule has 1 aromatic carbocycles. The minimum Gasteiger partial charge on any atom is -0.497 e. The molecule has 1 atom stereocenters. The molecule has 1 saturated heterocycles. The maximum atomic E-state index is 12.4. The molecule has 0 radical (unpaired) electrons. The number of hydrogen-bond acceptors (Lipinski definition) is 7. The molecule has 1 unspecified atom stereocenters. The highest BCUT2D eigenvalue weighted by Gasteiger charge is 2.25. The molecule has 3 aromatic rings. The van der Waals surface area contributed by atoms with Gasteiger partial charge in [0.05, 0.1) is 18.6 Å². The summed E-state index contributed by atoms with van der Waals surface area (Å²) in [6.07, 6.45) is 6.17. The Kier molecular flexibility index (Phi) is 6.44. The van der Waals surface area contributed by atoms with Crippen LogP contribution in [0.25, 0.3) is 11.3 Å². The lowest BCUT2D eigenvalue weighted by Gasteiger charge is -2.17. The second kappa shape index (κ2) is 9.58. The Morgan fingerprint density at radius 1 is 1.27 bits per heavy atom. The molecule has 1 amide bonds. The van der Waals surface area contributed by atoms with Crippen LogP contribution in [-0.4, -0.2) is 52.9 Å². The number of benzene rings is 1. The summed E-state index contributed by atoms with van der Waals surface area (Å²) < 4.78 is 5.22. The van der Waals surface area contributed by atoms with Gasteiger partial charge in [-0.1, -0.05) is 6.07 Å². The quantitative estimate of drug-likeness (QED) is 0.587. The number of carbonyl (C=O) groups is 1. The summed E-state index contributed by atoms with van der Waals surface area (Å²) in [4.78, 5) is 28.8. The number of carbonyl (C=O) groups excluding carboxylic acids is 1. The van der Waals surface area contributed by atoms with Crippen LogP contribution in [0.4, 0.5) is 5.95 Å². The van der Waals surface area contributed by atoms with Gasteiger partial charge < -0.3 is 15.0 Å². The van der Waals surface area contributed by atoms with Gasteiger partial charge in [0.15, 0.2) is 0 Å². The topological polar surface area (TPSA) is 80.2 Å². The predicted molar refractivity (Wildman–Crippen MR) is 118 cm³/mol. The Morgan fingerprint density at radius 3 is 3.03 bits per heavy atom. The number of hydrogen-bond donors (Lipinski definition) is 1. The van der Waals surface area contributed by atoms with Crippen LogP contribution in [0.2, 0.25) is 0 Å². The van der Waals surface area contributed by atoms with Crippen LogP contribution >= 0.6 is 11.8 Å². The highest BCUT2D eigenvalue weighted by Crippen LogP contribution is 2.23. The number of anilines is 1. The molecule has 0 spiro atoms. The molecule has 8 heteroatoms. The van der Waals surface area contributed by atoms with Gasteiger partial charge in [0.1, 0.15) is 5.75 Å². The normalized spacial score (nSPS) is 15.8. The van der Waals surface area contributed by atoms with Crippen LogP contribution in [0.1, 0.15) is 6.42 Å². The summed E-state index contributed by atoms with van der Waals surface area (Å²) in [7, 11) is 1.64. The summed E-state index contributed by atoms with van der Waals surface area (Å²) in [6, 6.07) is 13.6. The van der Waals surface area contributed by atoms with Crippen molar-refractivity contribution in [1.29, 1.82) is 0 Å². The average molecular weight is 422 g/mol. The first-order chi connectivity index (χ1) is 14.7. The van der Waals surface area contributed by atoms with Gasteiger partial charge in [-0.15, -0.1) is 11.8 Å². The number of rotatable bonds is 7. The van der Waals surface area contributed by atoms with E-state index in [1.807, 2.05) is 42.5 Å². The van der Waals surface area contributed by atoms with E-state index in [0.717, 1.165) is 34.9 Å². The fourth-order valence-corrected chi connectivity index (χ4v) is 4.10. The molecule has 1 aliphatic heterocycles. The van der Waals surface area contributed by atoms with Gasteiger partial charge in [0.2, 0.25) is 11.9 Å². The number of thioether (sulfide) groups is 1. The minimum absolute atomic E-state index is 0.0275. The molecule has 1 N–H and O–H groups in total. The molecular weight excluding hydrogens is 398 g/mol. The van der Waals surface area contributed by atoms with Gasteiger partial charge >= 0.3 is 0 Å². The van der Waals surface area contributed by atoms with Gasteiger partial charge in [-0.3, -0.25) is 9.78 Å². The second-order valence-electron chi connectivity index (χ2n) is 6.95. The lowest BCUT2D eigenvalue weighted by atomic mass is 10.2. The smallest absolute Gasteiger partial charge is 0.230 e. The monoisotopic (exact) mass is 421 g/mol. The summed E-state index contributed by atoms with van der Waals surface area (Å²) in [5, 5.41) is 3.13. The van der Waals surface area contributed by atoms with Gasteiger partial charge in [-0.25, -0.2) is 9.97 Å². The lowest BCUT2D eigenvalue weighted by Crippen LogP contribution is -2.38. The molecule has 0 saturated carbocycles. The summed E-state index contributed by atoms with van der Waals surface area (Å²) >= 11 is 1.50. The van der Waals surface area contributed by atoms with Crippen molar-refractivity contribution in [1.82, 2.24) is 20.3 Å². The molecular formula is C22H23N5O2S. The maximum Gasteiger partial charge on any atom is 0.230 e. The van der Waals surface area contributed by atoms with Crippen LogP contribution in [0, 0.1) is 0 Å². The highest BCUT2D eigenvalue weighted by atomic mass is 32.2. The van der Waals surface area contributed by atoms with E-state index >= 15 is 0 Å². The Labute approximate surface area is 179 Å². The lowest BCUT2D eigenvalue weighted by molar-refractivity contribution is -0.119. The number of nitrogens with zero attached hydrogens (tertiary/aromatic N) is 4. The zero-order valence-corrected chi connectivity index (χ0v) is 17.5. The van der Waals surface area contributed by atoms with Crippen LogP contribution < -0.4 is 15.0 Å². The molecule has 4 rings (SSSR count). The standard InChI is InChI=1S/C22H23N5O2S/c1-29-18-5-2-6-19(12-18)30-15-21(28)25-17-8-11-27(14-17)22-24-10-7-20(26-22)16-4-3-9-23-13-16/h2-7,9-10,12-13,17H,8,11,14-15H2,1H3,(H,25,28). The predicted octanol–water partition coefficient (Wildman–Crippen LogP) is 3.03. The largest absolute Gasteiger partial charge is 0.497 e. The van der Waals surface area contributed by atoms with E-state index < -0.39 is 0 Å². The highest BCUT2D eigenvalue weighted by molar-refractivity contribution is 8.00. The Morgan fingerprint density at radius 2 is 2.20 bits per heavy atom. The van der Waals surface area contributed by atoms with E-state index in [4.69, 9.17) is 4.74 Å². The molecule has 30 heavy (non-hydrogen) atoms. The number of pyridine rings is 1. The summed E-state index contributed by atoms with van der Waals surface area (Å²) in [5.74, 6) is 1.87. The van der Waals surface area contributed by atoms with Gasteiger partial charge in [0, 0.05) is 48.2 Å². The van der Waals surface area contributed by atoms with E-state index in [9.17, 15) is 4.79 Å². The van der Waals surface area contributed by atoms with E-state index in [1.165, 1.54) is 11.8 Å². The molecule has 154 valence electrons. The number of nitrogens with one attached hydrogen (secondary N) is 1. The number of ether oxygens (including phenoxy) is 1. The van der Waals surface area contributed by atoms with Crippen LogP contribution in [0.5, 0.6) is 5.75 Å². The van der Waals surface area contributed by atoms with Crippen molar-refractivity contribution in [3.05, 3.63) is 61.1 Å². The molecule has 0 bridgehead atoms. The minimum atomic E-state index is 0.0275. The van der Waals surface area contributed by atoms with Crippen molar-refractivity contribution in [2.24, 2.45) is 0 Å². The molecule has 7 nitrogen and oxygen atoms in total. The zero-order chi connectivity index (χ0) is 20.8. The van der Waals surface area contributed by atoms with E-state index in [2.05, 4.69) is 25.2 Å². The van der Waals surface area contributed by atoms with Gasteiger partial charge in [-0.05, 0) is 42.8 Å². The molecule has 1 aliphatic rings. The van der Waals surface area contributed by atoms with Crippen molar-refractivity contribution in [3.8, 4) is 17.0 Å². The Balaban J connectivity index is 1.31. The van der Waals surface area contributed by atoms with E-state index in [1.54, 1.807) is 25.7 Å². The number of aromatic nitrogens is 3. The van der Waals surface area contributed by atoms with Crippen molar-refractivity contribution in [2.75, 3.05) is 30.9 Å². The fourth-order valence-electron chi connectivity index (χ4n) is 3.34. The zero-order valence-electron chi connectivity index (χ0n) is 16.7. The molecule has 1 fully saturated rings. The number of amides is 1. The third kappa shape index (κ3) is 5.07. The van der Waals surface area contributed by atoms with Crippen molar-refractivity contribution < 1.29 is 9.53 Å². The molecule has 2 aromatic heterocycles. The van der Waals surface area contributed by atoms with Crippen LogP contribution in [-0.2, 0) is 4.79 Å². The SMILES string of the molecule is COc1cccc(SCC(=O)NC2CCN(c3nccc(-c4cccnc4)n3)C2)c1. The second-order valence-corrected chi connectivity index (χ2v) is 8.00. The van der Waals surface area contributed by atoms with Crippen LogP contribution in [0.15, 0.2) is 66.0 Å². The van der Waals surface area contributed by atoms with E-state index in [-0.39, 0.29) is 11.9 Å². The van der Waals surface area contributed by atoms with Gasteiger partial charge in [0.25, 0.3) is 0 Å². The fraction of sp³-hybridized carbons (Fsp3) is 0.273. The Bertz CT molecular complexity index is 1000. The first-order valence-electron chi connectivity index (χ1n) is 9.76. The van der Waals surface area contributed by atoms with Crippen LogP contribution in [0.3, 0.4) is 0 Å². The van der Waals surface area contributed by atoms with Crippen molar-refractivity contribution in [3.63, 3.8) is 0 Å². The molecule has 0 aliphatic carbocycles. The number of methoxy groups -OCH3 is 1. The van der Waals surface area contributed by atoms with E-state index in [0.29, 0.717) is 18.2 Å². The summed E-state index contributed by atoms with van der Waals surface area (Å²) in [5.41, 5.74) is 1.80. The Hall–Kier alpha value is -3.13. The third-order valence-corrected chi connectivity index (χ3v) is 5.84. The first-order valence-corrected chi connectivity index (χ1v) is 10.7. The summed E-state index contributed by atoms with van der Waals surface area (Å²) in [6.45, 7) is 1.51. The maximum absolute atomic E-state index is 12.4. The third-order valence-electron chi connectivity index (χ3n) is 4.85. The average Bonchev–Trinajstić information content (AvgIpc) is 3.27. The van der Waals surface area contributed by atoms with Crippen molar-refractivity contribution >= 4 is 23.6 Å². The first kappa shape index (κ1) is 20.2.